The Kier molecular flexibility index (Phi) is 9.35. The minimum Gasteiger partial charge on any atom is -0.423 e. The van der Waals surface area contributed by atoms with Gasteiger partial charge in [0.2, 0.25) is 5.91 Å². The molecule has 2 aromatic carbocycles. The summed E-state index contributed by atoms with van der Waals surface area (Å²) >= 11 is 12.6. The Balaban J connectivity index is 1.46. The normalized spacial score (nSPS) is 13.8. The van der Waals surface area contributed by atoms with Crippen molar-refractivity contribution in [1.82, 2.24) is 15.5 Å². The standard InChI is InChI=1S/C24H27B2Cl2N3O7/c1-2-3-4-29-22(32)11-31(24(34)15-8-19-17(21(28)10-15)13-38-26(19)36)6-5-30-23(33)14-7-18-16(20(27)9-14)12-37-25(18)35/h7-10,35-36H,2-6,11-13H2,1H3,(H,29,32)(H,30,33). The van der Waals surface area contributed by atoms with Crippen molar-refractivity contribution >= 4 is 66.1 Å². The van der Waals surface area contributed by atoms with Gasteiger partial charge in [-0.25, -0.2) is 0 Å². The predicted octanol–water partition coefficient (Wildman–Crippen LogP) is 0.217. The van der Waals surface area contributed by atoms with E-state index < -0.39 is 26.1 Å². The number of halogens is 2. The van der Waals surface area contributed by atoms with Crippen LogP contribution in [0.2, 0.25) is 10.0 Å². The fourth-order valence-electron chi connectivity index (χ4n) is 4.29. The van der Waals surface area contributed by atoms with Gasteiger partial charge in [0.15, 0.2) is 0 Å². The maximum atomic E-state index is 13.4. The van der Waals surface area contributed by atoms with E-state index in [1.807, 2.05) is 6.92 Å². The Morgan fingerprint density at radius 1 is 0.921 bits per heavy atom. The molecule has 0 atom stereocenters. The highest BCUT2D eigenvalue weighted by molar-refractivity contribution is 6.62. The Morgan fingerprint density at radius 2 is 1.50 bits per heavy atom. The summed E-state index contributed by atoms with van der Waals surface area (Å²) in [5.74, 6) is -1.29. The quantitative estimate of drug-likeness (QED) is 0.240. The first kappa shape index (κ1) is 28.4. The van der Waals surface area contributed by atoms with E-state index in [0.717, 1.165) is 12.8 Å². The second-order valence-electron chi connectivity index (χ2n) is 9.06. The zero-order valence-corrected chi connectivity index (χ0v) is 22.3. The fourth-order valence-corrected chi connectivity index (χ4v) is 4.86. The molecule has 2 heterocycles. The topological polar surface area (TPSA) is 137 Å². The molecule has 2 aliphatic heterocycles. The van der Waals surface area contributed by atoms with Crippen LogP contribution in [-0.2, 0) is 27.3 Å². The lowest BCUT2D eigenvalue weighted by Crippen LogP contribution is -2.45. The van der Waals surface area contributed by atoms with Gasteiger partial charge in [-0.1, -0.05) is 36.5 Å². The third-order valence-electron chi connectivity index (χ3n) is 6.41. The summed E-state index contributed by atoms with van der Waals surface area (Å²) in [7, 11) is -2.35. The van der Waals surface area contributed by atoms with Crippen LogP contribution >= 0.6 is 23.2 Å². The van der Waals surface area contributed by atoms with Crippen LogP contribution < -0.4 is 21.6 Å². The predicted molar refractivity (Wildman–Crippen MR) is 144 cm³/mol. The Morgan fingerprint density at radius 3 is 2.11 bits per heavy atom. The molecule has 0 radical (unpaired) electrons. The number of unbranched alkanes of at least 4 members (excludes halogenated alkanes) is 1. The molecule has 0 saturated carbocycles. The first-order chi connectivity index (χ1) is 18.2. The Labute approximate surface area is 230 Å². The first-order valence-electron chi connectivity index (χ1n) is 12.3. The van der Waals surface area contributed by atoms with Crippen molar-refractivity contribution in [2.75, 3.05) is 26.2 Å². The van der Waals surface area contributed by atoms with Crippen LogP contribution in [0.5, 0.6) is 0 Å². The molecule has 14 heteroatoms. The van der Waals surface area contributed by atoms with Crippen LogP contribution in [0.1, 0.15) is 51.6 Å². The summed E-state index contributed by atoms with van der Waals surface area (Å²) in [6, 6.07) is 5.98. The van der Waals surface area contributed by atoms with Crippen LogP contribution in [0.25, 0.3) is 0 Å². The molecule has 10 nitrogen and oxygen atoms in total. The molecular weight excluding hydrogens is 535 g/mol. The van der Waals surface area contributed by atoms with E-state index in [4.69, 9.17) is 32.5 Å². The number of amides is 3. The molecule has 4 rings (SSSR count). The van der Waals surface area contributed by atoms with Crippen molar-refractivity contribution in [2.24, 2.45) is 0 Å². The zero-order chi connectivity index (χ0) is 27.4. The molecular formula is C24H27B2Cl2N3O7. The molecule has 0 bridgehead atoms. The van der Waals surface area contributed by atoms with Crippen molar-refractivity contribution in [1.29, 1.82) is 0 Å². The van der Waals surface area contributed by atoms with Crippen molar-refractivity contribution < 1.29 is 33.7 Å². The SMILES string of the molecule is CCCCNC(=O)CN(CCNC(=O)c1cc(Cl)c2c(c1)B(O)OC2)C(=O)c1cc(Cl)c2c(c1)B(O)OC2. The lowest BCUT2D eigenvalue weighted by atomic mass is 9.78. The van der Waals surface area contributed by atoms with Gasteiger partial charge in [0, 0.05) is 40.8 Å². The third kappa shape index (κ3) is 6.33. The molecule has 0 spiro atoms. The highest BCUT2D eigenvalue weighted by Crippen LogP contribution is 2.23. The average molecular weight is 562 g/mol. The third-order valence-corrected chi connectivity index (χ3v) is 7.09. The number of benzene rings is 2. The van der Waals surface area contributed by atoms with E-state index in [0.29, 0.717) is 33.6 Å². The molecule has 2 aliphatic rings. The van der Waals surface area contributed by atoms with Gasteiger partial charge in [-0.3, -0.25) is 14.4 Å². The van der Waals surface area contributed by atoms with Crippen molar-refractivity contribution in [2.45, 2.75) is 33.0 Å². The number of rotatable bonds is 10. The van der Waals surface area contributed by atoms with Crippen LogP contribution in [0.4, 0.5) is 0 Å². The number of nitrogens with zero attached hydrogens (tertiary/aromatic N) is 1. The maximum Gasteiger partial charge on any atom is 0.491 e. The molecule has 3 amide bonds. The number of carbonyl (C=O) groups is 3. The van der Waals surface area contributed by atoms with Crippen LogP contribution in [0.15, 0.2) is 24.3 Å². The maximum absolute atomic E-state index is 13.4. The summed E-state index contributed by atoms with van der Waals surface area (Å²) in [6.07, 6.45) is 1.71. The van der Waals surface area contributed by atoms with Gasteiger partial charge < -0.3 is 34.9 Å². The summed E-state index contributed by atoms with van der Waals surface area (Å²) in [6.45, 7) is 2.59. The van der Waals surface area contributed by atoms with Crippen LogP contribution in [0, 0.1) is 0 Å². The van der Waals surface area contributed by atoms with Crippen molar-refractivity contribution in [3.05, 3.63) is 56.6 Å². The lowest BCUT2D eigenvalue weighted by Gasteiger charge is -2.23. The van der Waals surface area contributed by atoms with E-state index in [9.17, 15) is 24.4 Å². The van der Waals surface area contributed by atoms with E-state index in [1.165, 1.54) is 29.2 Å². The van der Waals surface area contributed by atoms with Gasteiger partial charge in [-0.2, -0.15) is 0 Å². The molecule has 200 valence electrons. The molecule has 0 saturated heterocycles. The zero-order valence-electron chi connectivity index (χ0n) is 20.8. The van der Waals surface area contributed by atoms with Crippen molar-refractivity contribution in [3.8, 4) is 0 Å². The van der Waals surface area contributed by atoms with Gasteiger partial charge in [-0.15, -0.1) is 0 Å². The van der Waals surface area contributed by atoms with Crippen molar-refractivity contribution in [3.63, 3.8) is 0 Å². The van der Waals surface area contributed by atoms with E-state index >= 15 is 0 Å². The van der Waals surface area contributed by atoms with E-state index in [2.05, 4.69) is 10.6 Å². The second kappa shape index (κ2) is 12.5. The lowest BCUT2D eigenvalue weighted by molar-refractivity contribution is -0.121. The number of carbonyl (C=O) groups excluding carboxylic acids is 3. The molecule has 4 N–H and O–H groups in total. The Bertz CT molecular complexity index is 1250. The summed E-state index contributed by atoms with van der Waals surface area (Å²) in [4.78, 5) is 40.0. The monoisotopic (exact) mass is 561 g/mol. The van der Waals surface area contributed by atoms with Gasteiger partial charge in [0.25, 0.3) is 11.8 Å². The minimum atomic E-state index is -1.19. The second-order valence-corrected chi connectivity index (χ2v) is 9.88. The minimum absolute atomic E-state index is 0.0178. The van der Waals surface area contributed by atoms with E-state index in [1.54, 1.807) is 0 Å². The molecule has 2 aromatic rings. The fraction of sp³-hybridized carbons (Fsp3) is 0.375. The van der Waals surface area contributed by atoms with Crippen LogP contribution in [-0.4, -0.2) is 73.1 Å². The van der Waals surface area contributed by atoms with E-state index in [-0.39, 0.29) is 54.9 Å². The van der Waals surface area contributed by atoms with Gasteiger partial charge >= 0.3 is 14.2 Å². The molecule has 38 heavy (non-hydrogen) atoms. The molecule has 0 aliphatic carbocycles. The Hall–Kier alpha value is -2.60. The summed E-state index contributed by atoms with van der Waals surface area (Å²) < 4.78 is 10.4. The molecule has 0 unspecified atom stereocenters. The summed E-state index contributed by atoms with van der Waals surface area (Å²) in [5.41, 5.74) is 2.49. The number of hydrogen-bond acceptors (Lipinski definition) is 7. The molecule has 0 aromatic heterocycles. The highest BCUT2D eigenvalue weighted by atomic mass is 35.5. The number of fused-ring (bicyclic) bond motifs is 2. The highest BCUT2D eigenvalue weighted by Gasteiger charge is 2.32. The van der Waals surface area contributed by atoms with Gasteiger partial charge in [0.1, 0.15) is 0 Å². The number of hydrogen-bond donors (Lipinski definition) is 4. The average Bonchev–Trinajstić information content (AvgIpc) is 3.46. The van der Waals surface area contributed by atoms with Gasteiger partial charge in [-0.05, 0) is 52.7 Å². The largest absolute Gasteiger partial charge is 0.491 e. The number of nitrogens with one attached hydrogen (secondary N) is 2. The van der Waals surface area contributed by atoms with Gasteiger partial charge in [0.05, 0.1) is 19.8 Å². The summed E-state index contributed by atoms with van der Waals surface area (Å²) in [5, 5.41) is 26.1. The van der Waals surface area contributed by atoms with Crippen LogP contribution in [0.3, 0.4) is 0 Å². The first-order valence-corrected chi connectivity index (χ1v) is 13.0. The molecule has 0 fully saturated rings. The smallest absolute Gasteiger partial charge is 0.423 e.